The van der Waals surface area contributed by atoms with Crippen LogP contribution in [0.4, 0.5) is 0 Å². The number of furan rings is 1. The van der Waals surface area contributed by atoms with Crippen LogP contribution in [0.15, 0.2) is 40.8 Å². The molecule has 4 aromatic heterocycles. The van der Waals surface area contributed by atoms with E-state index < -0.39 is 5.97 Å². The Balaban J connectivity index is 1.10. The van der Waals surface area contributed by atoms with Gasteiger partial charge in [0, 0.05) is 36.3 Å². The number of pyridine rings is 2. The maximum atomic E-state index is 11.6. The Morgan fingerprint density at radius 2 is 1.98 bits per heavy atom. The van der Waals surface area contributed by atoms with Crippen molar-refractivity contribution in [1.29, 1.82) is 0 Å². The molecule has 41 heavy (non-hydrogen) atoms. The van der Waals surface area contributed by atoms with E-state index in [4.69, 9.17) is 30.5 Å². The number of ketones is 1. The lowest BCUT2D eigenvalue weighted by Crippen LogP contribution is -2.33. The number of nitrogens with zero attached hydrogens (tertiary/aromatic N) is 3. The molecule has 0 amide bonds. The number of hydrogen-bond donors (Lipinski definition) is 1. The van der Waals surface area contributed by atoms with E-state index in [9.17, 15) is 14.7 Å². The second-order valence-electron chi connectivity index (χ2n) is 10.5. The van der Waals surface area contributed by atoms with Crippen LogP contribution >= 0.6 is 22.9 Å². The maximum Gasteiger partial charge on any atom is 0.354 e. The first-order valence-corrected chi connectivity index (χ1v) is 14.9. The fraction of sp³-hybridized carbons (Fsp3) is 0.400. The van der Waals surface area contributed by atoms with Crippen LogP contribution in [0.3, 0.4) is 0 Å². The minimum absolute atomic E-state index is 0.0115. The minimum atomic E-state index is -1.05. The van der Waals surface area contributed by atoms with Crippen molar-refractivity contribution in [3.8, 4) is 5.88 Å². The minimum Gasteiger partial charge on any atom is -0.477 e. The Morgan fingerprint density at radius 1 is 1.17 bits per heavy atom. The number of carboxylic acid groups (broad SMARTS) is 1. The number of likely N-dealkylation sites (tertiary alicyclic amines) is 1. The summed E-state index contributed by atoms with van der Waals surface area (Å²) in [6.45, 7) is 4.92. The molecule has 11 heteroatoms. The highest BCUT2D eigenvalue weighted by Gasteiger charge is 2.28. The average Bonchev–Trinajstić information content (AvgIpc) is 3.49. The average molecular weight is 596 g/mol. The largest absolute Gasteiger partial charge is 0.477 e. The molecule has 214 valence electrons. The zero-order valence-corrected chi connectivity index (χ0v) is 24.2. The number of carbonyl (C=O) groups is 2. The van der Waals surface area contributed by atoms with Crippen molar-refractivity contribution in [2.24, 2.45) is 0 Å². The van der Waals surface area contributed by atoms with Gasteiger partial charge in [-0.3, -0.25) is 9.69 Å². The van der Waals surface area contributed by atoms with E-state index >= 15 is 0 Å². The summed E-state index contributed by atoms with van der Waals surface area (Å²) in [5.41, 5.74) is 3.19. The molecule has 2 saturated heterocycles. The van der Waals surface area contributed by atoms with Crippen LogP contribution in [0, 0.1) is 0 Å². The number of thiophene rings is 1. The van der Waals surface area contributed by atoms with Crippen molar-refractivity contribution >= 4 is 45.8 Å². The van der Waals surface area contributed by atoms with Crippen LogP contribution in [0.1, 0.15) is 74.2 Å². The Bertz CT molecular complexity index is 1590. The normalized spacial score (nSPS) is 18.0. The van der Waals surface area contributed by atoms with Gasteiger partial charge in [0.1, 0.15) is 23.6 Å². The number of rotatable bonds is 10. The molecule has 1 atom stereocenters. The summed E-state index contributed by atoms with van der Waals surface area (Å²) >= 11 is 7.63. The number of aromatic nitrogens is 2. The fourth-order valence-electron chi connectivity index (χ4n) is 5.35. The Kier molecular flexibility index (Phi) is 8.07. The topological polar surface area (TPSA) is 115 Å². The second kappa shape index (κ2) is 11.9. The molecule has 0 unspecified atom stereocenters. The molecular formula is C30H30ClN3O6S. The number of carboxylic acids is 1. The number of halogens is 1. The van der Waals surface area contributed by atoms with Crippen molar-refractivity contribution in [3.63, 3.8) is 0 Å². The van der Waals surface area contributed by atoms with Gasteiger partial charge >= 0.3 is 5.97 Å². The van der Waals surface area contributed by atoms with E-state index in [1.54, 1.807) is 12.1 Å². The molecule has 1 N–H and O–H groups in total. The number of piperidine rings is 1. The van der Waals surface area contributed by atoms with Gasteiger partial charge in [-0.1, -0.05) is 17.7 Å². The smallest absolute Gasteiger partial charge is 0.354 e. The molecule has 2 aliphatic rings. The zero-order chi connectivity index (χ0) is 28.5. The Hall–Kier alpha value is -3.31. The first-order valence-electron chi connectivity index (χ1n) is 13.7. The predicted molar refractivity (Wildman–Crippen MR) is 154 cm³/mol. The van der Waals surface area contributed by atoms with Gasteiger partial charge in [-0.25, -0.2) is 14.8 Å². The molecule has 6 heterocycles. The van der Waals surface area contributed by atoms with Crippen molar-refractivity contribution in [1.82, 2.24) is 14.9 Å². The highest BCUT2D eigenvalue weighted by atomic mass is 35.5. The molecule has 0 saturated carbocycles. The summed E-state index contributed by atoms with van der Waals surface area (Å²) in [6, 6.07) is 10.7. The van der Waals surface area contributed by atoms with Gasteiger partial charge in [-0.05, 0) is 63.5 Å². The number of aromatic carboxylic acids is 1. The summed E-state index contributed by atoms with van der Waals surface area (Å²) in [5, 5.41) is 9.97. The molecular weight excluding hydrogens is 566 g/mol. The van der Waals surface area contributed by atoms with Gasteiger partial charge in [-0.15, -0.1) is 11.3 Å². The highest BCUT2D eigenvalue weighted by molar-refractivity contribution is 7.14. The number of fused-ring (bicyclic) bond motifs is 1. The molecule has 9 nitrogen and oxygen atoms in total. The Labute approximate surface area is 246 Å². The van der Waals surface area contributed by atoms with Crippen molar-refractivity contribution in [2.45, 2.75) is 57.8 Å². The lowest BCUT2D eigenvalue weighted by Gasteiger charge is -2.31. The van der Waals surface area contributed by atoms with E-state index in [2.05, 4.69) is 9.88 Å². The Morgan fingerprint density at radius 3 is 2.66 bits per heavy atom. The first kappa shape index (κ1) is 27.8. The fourth-order valence-corrected chi connectivity index (χ4v) is 6.55. The van der Waals surface area contributed by atoms with Crippen LogP contribution < -0.4 is 4.74 Å². The molecule has 0 radical (unpaired) electrons. The van der Waals surface area contributed by atoms with Gasteiger partial charge < -0.3 is 19.0 Å². The molecule has 0 aromatic carbocycles. The third-order valence-electron chi connectivity index (χ3n) is 7.73. The number of Topliss-reactive ketones (excluding diaryl/α,β-unsaturated/α-hetero) is 1. The van der Waals surface area contributed by atoms with Crippen LogP contribution in [0.25, 0.3) is 11.1 Å². The standard InChI is InChI=1S/C30H30ClN3O6S/c1-17(35)26-14-21(31)27(41-26)16-39-28-4-2-3-22(32-28)18-7-10-34(11-8-18)15-25-20(13-19-9-12-38-19)29-24(40-25)6-5-23(33-29)30(36)37/h2-6,14,18-19H,7-13,15-16H2,1H3,(H,36,37)/t19-/m0/s1. The molecule has 0 aliphatic carbocycles. The summed E-state index contributed by atoms with van der Waals surface area (Å²) in [5.74, 6) is 0.614. The molecule has 2 aliphatic heterocycles. The molecule has 0 bridgehead atoms. The maximum absolute atomic E-state index is 11.6. The van der Waals surface area contributed by atoms with E-state index in [1.807, 2.05) is 18.2 Å². The van der Waals surface area contributed by atoms with E-state index in [0.29, 0.717) is 45.8 Å². The van der Waals surface area contributed by atoms with Crippen molar-refractivity contribution in [2.75, 3.05) is 19.7 Å². The van der Waals surface area contributed by atoms with E-state index in [1.165, 1.54) is 24.3 Å². The quantitative estimate of drug-likeness (QED) is 0.216. The van der Waals surface area contributed by atoms with Crippen LogP contribution in [-0.2, 0) is 24.3 Å². The molecule has 6 rings (SSSR count). The monoisotopic (exact) mass is 595 g/mol. The van der Waals surface area contributed by atoms with Crippen LogP contribution in [0.2, 0.25) is 5.02 Å². The number of hydrogen-bond acceptors (Lipinski definition) is 9. The molecule has 2 fully saturated rings. The summed E-state index contributed by atoms with van der Waals surface area (Å²) in [6.07, 6.45) is 3.64. The number of carbonyl (C=O) groups excluding carboxylic acids is 1. The van der Waals surface area contributed by atoms with Crippen molar-refractivity contribution in [3.05, 3.63) is 73.9 Å². The summed E-state index contributed by atoms with van der Waals surface area (Å²) in [4.78, 5) is 36.1. The highest BCUT2D eigenvalue weighted by Crippen LogP contribution is 2.33. The number of ether oxygens (including phenoxy) is 2. The van der Waals surface area contributed by atoms with Gasteiger partial charge in [-0.2, -0.15) is 0 Å². The molecule has 4 aromatic rings. The lowest BCUT2D eigenvalue weighted by molar-refractivity contribution is -0.0493. The summed E-state index contributed by atoms with van der Waals surface area (Å²) in [7, 11) is 0. The second-order valence-corrected chi connectivity index (χ2v) is 12.1. The van der Waals surface area contributed by atoms with E-state index in [0.717, 1.165) is 60.9 Å². The van der Waals surface area contributed by atoms with E-state index in [-0.39, 0.29) is 24.2 Å². The lowest BCUT2D eigenvalue weighted by atomic mass is 9.93. The van der Waals surface area contributed by atoms with Crippen molar-refractivity contribution < 1.29 is 28.6 Å². The first-order chi connectivity index (χ1) is 19.8. The third kappa shape index (κ3) is 6.16. The zero-order valence-electron chi connectivity index (χ0n) is 22.6. The van der Waals surface area contributed by atoms with Gasteiger partial charge in [0.2, 0.25) is 5.88 Å². The predicted octanol–water partition coefficient (Wildman–Crippen LogP) is 6.13. The van der Waals surface area contributed by atoms with Crippen LogP contribution in [-0.4, -0.2) is 57.5 Å². The molecule has 0 spiro atoms. The van der Waals surface area contributed by atoms with Gasteiger partial charge in [0.15, 0.2) is 11.4 Å². The van der Waals surface area contributed by atoms with Gasteiger partial charge in [0.25, 0.3) is 0 Å². The SMILES string of the molecule is CC(=O)c1cc(Cl)c(COc2cccc(C3CCN(Cc4oc5ccc(C(=O)O)nc5c4C[C@@H]4CCO4)CC3)n2)s1. The van der Waals surface area contributed by atoms with Crippen LogP contribution in [0.5, 0.6) is 5.88 Å². The summed E-state index contributed by atoms with van der Waals surface area (Å²) < 4.78 is 17.8. The third-order valence-corrected chi connectivity index (χ3v) is 9.39. The van der Waals surface area contributed by atoms with Gasteiger partial charge in [0.05, 0.1) is 27.4 Å².